The molecule has 1 aliphatic carbocycles. The van der Waals surface area contributed by atoms with E-state index in [0.29, 0.717) is 50.4 Å². The first-order chi connectivity index (χ1) is 24.2. The number of fused-ring (bicyclic) bond motifs is 1. The lowest BCUT2D eigenvalue weighted by atomic mass is 9.89. The van der Waals surface area contributed by atoms with E-state index in [0.717, 1.165) is 42.4 Å². The minimum atomic E-state index is -0.828. The van der Waals surface area contributed by atoms with Crippen molar-refractivity contribution in [3.05, 3.63) is 125 Å². The number of nitrogen functional groups attached to an aromatic ring is 2. The summed E-state index contributed by atoms with van der Waals surface area (Å²) in [5.74, 6) is -0.931. The molecule has 3 aromatic rings. The van der Waals surface area contributed by atoms with E-state index in [2.05, 4.69) is 42.5 Å². The molecule has 4 atom stereocenters. The highest BCUT2D eigenvalue weighted by molar-refractivity contribution is 6.00. The summed E-state index contributed by atoms with van der Waals surface area (Å²) >= 11 is 0. The van der Waals surface area contributed by atoms with Crippen LogP contribution in [-0.4, -0.2) is 64.9 Å². The zero-order chi connectivity index (χ0) is 35.1. The topological polar surface area (TPSA) is 127 Å². The molecule has 2 saturated heterocycles. The fraction of sp³-hybridized carbons (Fsp3) is 0.415. The van der Waals surface area contributed by atoms with Crippen LogP contribution >= 0.6 is 0 Å². The Morgan fingerprint density at radius 2 is 1.56 bits per heavy atom. The number of ether oxygens (including phenoxy) is 3. The molecule has 3 aliphatic rings. The highest BCUT2D eigenvalue weighted by atomic mass is 16.8. The standard InChI is InChI=1S/C41H51N5O4/c1-41(2)49-37-35(25-29-14-6-3-7-15-29)45(22-12-13-23-48-28-31-18-10-5-11-19-31)40(47)46(27-32-20-21-34(42)33(24-32)39(43)44)36(38(37)50-41)26-30-16-8-4-9-17-30/h3,5-8,10-11,14-21,24,35-38H,4,9,12-13,22-23,25-28,42H2,1-2H3,(H3,43,44)/t35?,36-,37+,38+/m1/s1. The summed E-state index contributed by atoms with van der Waals surface area (Å²) in [5, 5.41) is 8.10. The Bertz CT molecular complexity index is 1670. The van der Waals surface area contributed by atoms with Crippen molar-refractivity contribution < 1.29 is 19.0 Å². The molecule has 9 nitrogen and oxygen atoms in total. The van der Waals surface area contributed by atoms with Crippen molar-refractivity contribution in [3.8, 4) is 0 Å². The van der Waals surface area contributed by atoms with Gasteiger partial charge in [0.2, 0.25) is 0 Å². The number of urea groups is 1. The number of nitrogens with two attached hydrogens (primary N) is 2. The summed E-state index contributed by atoms with van der Waals surface area (Å²) in [7, 11) is 0. The van der Waals surface area contributed by atoms with Gasteiger partial charge in [-0.3, -0.25) is 5.41 Å². The lowest BCUT2D eigenvalue weighted by Crippen LogP contribution is -2.51. The van der Waals surface area contributed by atoms with Gasteiger partial charge in [-0.2, -0.15) is 0 Å². The van der Waals surface area contributed by atoms with Crippen LogP contribution in [0.5, 0.6) is 0 Å². The molecule has 2 aliphatic heterocycles. The van der Waals surface area contributed by atoms with E-state index in [-0.39, 0.29) is 36.2 Å². The summed E-state index contributed by atoms with van der Waals surface area (Å²) in [6.07, 6.45) is 10.8. The van der Waals surface area contributed by atoms with Crippen LogP contribution in [0.25, 0.3) is 0 Å². The average molecular weight is 678 g/mol. The van der Waals surface area contributed by atoms with Gasteiger partial charge in [0.25, 0.3) is 0 Å². The van der Waals surface area contributed by atoms with Gasteiger partial charge in [-0.25, -0.2) is 4.79 Å². The highest BCUT2D eigenvalue weighted by Crippen LogP contribution is 2.41. The number of hydrogen-bond donors (Lipinski definition) is 3. The highest BCUT2D eigenvalue weighted by Gasteiger charge is 2.55. The fourth-order valence-corrected chi connectivity index (χ4v) is 7.41. The number of nitrogens with one attached hydrogen (secondary N) is 1. The molecular formula is C41H51N5O4. The molecule has 5 N–H and O–H groups in total. The third-order valence-electron chi connectivity index (χ3n) is 9.83. The average Bonchev–Trinajstić information content (AvgIpc) is 3.41. The number of benzene rings is 3. The van der Waals surface area contributed by atoms with Gasteiger partial charge >= 0.3 is 6.03 Å². The van der Waals surface area contributed by atoms with E-state index < -0.39 is 5.79 Å². The SMILES string of the molecule is CC1(C)O[C@H]2[C@@H](CC3=CCCC=C3)N(Cc3ccc(N)c(C(=N)N)c3)C(=O)N(CCCCOCc3ccccc3)C(Cc3ccccc3)[C@@H]2O1. The fourth-order valence-electron chi connectivity index (χ4n) is 7.41. The molecule has 0 bridgehead atoms. The number of carbonyl (C=O) groups is 1. The predicted molar refractivity (Wildman–Crippen MR) is 197 cm³/mol. The lowest BCUT2D eigenvalue weighted by Gasteiger charge is -2.37. The van der Waals surface area contributed by atoms with Crippen LogP contribution < -0.4 is 11.5 Å². The predicted octanol–water partition coefficient (Wildman–Crippen LogP) is 6.95. The van der Waals surface area contributed by atoms with E-state index in [4.69, 9.17) is 31.1 Å². The first kappa shape index (κ1) is 35.4. The Morgan fingerprint density at radius 1 is 0.880 bits per heavy atom. The van der Waals surface area contributed by atoms with Crippen molar-refractivity contribution in [1.29, 1.82) is 5.41 Å². The van der Waals surface area contributed by atoms with E-state index in [1.165, 1.54) is 5.57 Å². The number of nitrogens with zero attached hydrogens (tertiary/aromatic N) is 2. The summed E-state index contributed by atoms with van der Waals surface area (Å²) in [6, 6.07) is 25.4. The molecule has 50 heavy (non-hydrogen) atoms. The molecule has 0 saturated carbocycles. The summed E-state index contributed by atoms with van der Waals surface area (Å²) in [6.45, 7) is 5.96. The smallest absolute Gasteiger partial charge is 0.321 e. The molecule has 2 fully saturated rings. The van der Waals surface area contributed by atoms with Crippen LogP contribution in [0.15, 0.2) is 103 Å². The van der Waals surface area contributed by atoms with E-state index in [1.807, 2.05) is 72.2 Å². The van der Waals surface area contributed by atoms with Gasteiger partial charge in [-0.15, -0.1) is 0 Å². The van der Waals surface area contributed by atoms with Crippen LogP contribution in [0.4, 0.5) is 10.5 Å². The third kappa shape index (κ3) is 8.64. The van der Waals surface area contributed by atoms with Crippen LogP contribution in [0, 0.1) is 5.41 Å². The monoisotopic (exact) mass is 677 g/mol. The minimum absolute atomic E-state index is 0.0536. The minimum Gasteiger partial charge on any atom is -0.398 e. The van der Waals surface area contributed by atoms with Crippen molar-refractivity contribution in [2.45, 2.75) is 95.6 Å². The van der Waals surface area contributed by atoms with Crippen LogP contribution in [0.2, 0.25) is 0 Å². The number of amidine groups is 1. The largest absolute Gasteiger partial charge is 0.398 e. The van der Waals surface area contributed by atoms with Crippen molar-refractivity contribution in [2.75, 3.05) is 18.9 Å². The third-order valence-corrected chi connectivity index (χ3v) is 9.83. The Hall–Kier alpha value is -4.44. The van der Waals surface area contributed by atoms with E-state index in [1.54, 1.807) is 6.07 Å². The first-order valence-electron chi connectivity index (χ1n) is 17.9. The summed E-state index contributed by atoms with van der Waals surface area (Å²) < 4.78 is 19.6. The zero-order valence-electron chi connectivity index (χ0n) is 29.3. The maximum atomic E-state index is 15.2. The Balaban J connectivity index is 1.34. The molecule has 0 spiro atoms. The van der Waals surface area contributed by atoms with E-state index in [9.17, 15) is 0 Å². The quantitative estimate of drug-likeness (QED) is 0.0734. The molecule has 2 heterocycles. The second-order valence-corrected chi connectivity index (χ2v) is 14.0. The Morgan fingerprint density at radius 3 is 2.22 bits per heavy atom. The second kappa shape index (κ2) is 16.1. The zero-order valence-corrected chi connectivity index (χ0v) is 29.3. The van der Waals surface area contributed by atoms with Crippen LogP contribution in [-0.2, 0) is 33.8 Å². The molecule has 264 valence electrons. The van der Waals surface area contributed by atoms with Crippen molar-refractivity contribution in [2.24, 2.45) is 5.73 Å². The number of unbranched alkanes of at least 4 members (excludes halogenated alkanes) is 1. The van der Waals surface area contributed by atoms with Gasteiger partial charge in [0, 0.05) is 30.9 Å². The molecule has 2 amide bonds. The molecule has 6 rings (SSSR count). The maximum Gasteiger partial charge on any atom is 0.321 e. The Labute approximate surface area is 296 Å². The molecule has 0 aromatic heterocycles. The Kier molecular flexibility index (Phi) is 11.4. The van der Waals surface area contributed by atoms with Crippen molar-refractivity contribution in [1.82, 2.24) is 9.80 Å². The van der Waals surface area contributed by atoms with E-state index >= 15 is 4.79 Å². The van der Waals surface area contributed by atoms with Gasteiger partial charge < -0.3 is 35.5 Å². The van der Waals surface area contributed by atoms with Crippen molar-refractivity contribution in [3.63, 3.8) is 0 Å². The molecule has 9 heteroatoms. The number of carbonyl (C=O) groups excluding carboxylic acids is 1. The van der Waals surface area contributed by atoms with Crippen LogP contribution in [0.1, 0.15) is 68.2 Å². The molecule has 3 aromatic carbocycles. The number of anilines is 1. The number of hydrogen-bond acceptors (Lipinski definition) is 6. The van der Waals surface area contributed by atoms with Crippen molar-refractivity contribution >= 4 is 17.6 Å². The second-order valence-electron chi connectivity index (χ2n) is 14.0. The normalized spacial score (nSPS) is 23.0. The summed E-state index contributed by atoms with van der Waals surface area (Å²) in [4.78, 5) is 19.2. The van der Waals surface area contributed by atoms with Crippen LogP contribution in [0.3, 0.4) is 0 Å². The molecule has 1 unspecified atom stereocenters. The lowest BCUT2D eigenvalue weighted by molar-refractivity contribution is -0.157. The molecular weight excluding hydrogens is 626 g/mol. The van der Waals surface area contributed by atoms with Gasteiger partial charge in [0.15, 0.2) is 5.79 Å². The summed E-state index contributed by atoms with van der Waals surface area (Å²) in [5.41, 5.74) is 17.3. The van der Waals surface area contributed by atoms with Gasteiger partial charge in [-0.1, -0.05) is 90.5 Å². The number of rotatable bonds is 14. The number of amides is 2. The van der Waals surface area contributed by atoms with Gasteiger partial charge in [-0.05, 0) is 81.2 Å². The molecule has 0 radical (unpaired) electrons. The maximum absolute atomic E-state index is 15.2. The first-order valence-corrected chi connectivity index (χ1v) is 17.9. The number of allylic oxidation sites excluding steroid dienone is 3. The van der Waals surface area contributed by atoms with Gasteiger partial charge in [0.05, 0.1) is 18.7 Å². The van der Waals surface area contributed by atoms with Gasteiger partial charge in [0.1, 0.15) is 18.0 Å².